The number of halogens is 3. The van der Waals surface area contributed by atoms with Gasteiger partial charge in [-0.1, -0.05) is 26.2 Å². The van der Waals surface area contributed by atoms with Crippen molar-refractivity contribution in [1.29, 1.82) is 0 Å². The molecular formula is C12H19F3O4Si. The predicted molar refractivity (Wildman–Crippen MR) is 69.7 cm³/mol. The highest BCUT2D eigenvalue weighted by Crippen LogP contribution is 2.15. The Hall–Kier alpha value is -1.31. The van der Waals surface area contributed by atoms with Crippen LogP contribution in [0.1, 0.15) is 12.8 Å². The first-order valence-electron chi connectivity index (χ1n) is 5.98. The summed E-state index contributed by atoms with van der Waals surface area (Å²) in [6.07, 6.45) is -4.65. The fourth-order valence-corrected chi connectivity index (χ4v) is 1.54. The number of carbonyl (C=O) groups excluding carboxylic acids is 2. The maximum Gasteiger partial charge on any atom is 0.422 e. The molecule has 0 N–H and O–H groups in total. The van der Waals surface area contributed by atoms with Crippen molar-refractivity contribution in [3.05, 3.63) is 12.2 Å². The van der Waals surface area contributed by atoms with E-state index in [1.807, 2.05) is 19.6 Å². The fraction of sp³-hybridized carbons (Fsp3) is 0.667. The quantitative estimate of drug-likeness (QED) is 0.412. The van der Waals surface area contributed by atoms with Crippen LogP contribution in [0.15, 0.2) is 12.2 Å². The molecule has 0 unspecified atom stereocenters. The monoisotopic (exact) mass is 312 g/mol. The predicted octanol–water partition coefficient (Wildman–Crippen LogP) is 2.85. The summed E-state index contributed by atoms with van der Waals surface area (Å²) < 4.78 is 44.4. The zero-order chi connectivity index (χ0) is 16.0. The molecule has 0 spiro atoms. The van der Waals surface area contributed by atoms with Gasteiger partial charge in [-0.15, -0.1) is 0 Å². The van der Waals surface area contributed by atoms with Crippen molar-refractivity contribution in [2.75, 3.05) is 12.8 Å². The van der Waals surface area contributed by atoms with Gasteiger partial charge in [-0.05, 0) is 6.42 Å². The molecule has 0 saturated carbocycles. The lowest BCUT2D eigenvalue weighted by Crippen LogP contribution is -2.30. The van der Waals surface area contributed by atoms with Crippen LogP contribution in [-0.2, 0) is 19.1 Å². The largest absolute Gasteiger partial charge is 0.466 e. The Morgan fingerprint density at radius 1 is 1.10 bits per heavy atom. The topological polar surface area (TPSA) is 52.6 Å². The molecule has 0 rings (SSSR count). The molecule has 116 valence electrons. The molecule has 0 fully saturated rings. The normalized spacial score (nSPS) is 11.9. The Morgan fingerprint density at radius 3 is 2.10 bits per heavy atom. The number of esters is 2. The van der Waals surface area contributed by atoms with Crippen molar-refractivity contribution in [2.24, 2.45) is 0 Å². The summed E-state index contributed by atoms with van der Waals surface area (Å²) >= 11 is 0. The van der Waals surface area contributed by atoms with E-state index in [0.29, 0.717) is 6.23 Å². The van der Waals surface area contributed by atoms with Crippen molar-refractivity contribution in [3.63, 3.8) is 0 Å². The Labute approximate surface area is 116 Å². The first kappa shape index (κ1) is 18.7. The summed E-state index contributed by atoms with van der Waals surface area (Å²) in [6.45, 7) is 7.85. The van der Waals surface area contributed by atoms with Crippen LogP contribution in [0, 0.1) is 0 Å². The van der Waals surface area contributed by atoms with Crippen molar-refractivity contribution in [1.82, 2.24) is 0 Å². The summed E-state index contributed by atoms with van der Waals surface area (Å²) in [5, 5.41) is 0. The van der Waals surface area contributed by atoms with Gasteiger partial charge in [0.1, 0.15) is 0 Å². The van der Waals surface area contributed by atoms with Crippen molar-refractivity contribution in [2.45, 2.75) is 38.7 Å². The van der Waals surface area contributed by atoms with Crippen LogP contribution in [0.25, 0.3) is 0 Å². The second-order valence-corrected chi connectivity index (χ2v) is 10.9. The van der Waals surface area contributed by atoms with Crippen LogP contribution >= 0.6 is 0 Å². The molecule has 0 atom stereocenters. The molecule has 0 saturated heterocycles. The fourth-order valence-electron chi connectivity index (χ4n) is 0.974. The lowest BCUT2D eigenvalue weighted by Gasteiger charge is -2.16. The van der Waals surface area contributed by atoms with Crippen LogP contribution in [-0.4, -0.2) is 39.0 Å². The molecule has 0 aromatic rings. The minimum absolute atomic E-state index is 0.0483. The van der Waals surface area contributed by atoms with Crippen molar-refractivity contribution in [3.8, 4) is 0 Å². The van der Waals surface area contributed by atoms with E-state index in [0.717, 1.165) is 0 Å². The Balaban J connectivity index is 3.98. The second kappa shape index (κ2) is 7.46. The van der Waals surface area contributed by atoms with Gasteiger partial charge in [-0.25, -0.2) is 4.79 Å². The maximum absolute atomic E-state index is 11.8. The van der Waals surface area contributed by atoms with E-state index >= 15 is 0 Å². The molecular weight excluding hydrogens is 293 g/mol. The molecule has 0 radical (unpaired) electrons. The Bertz CT molecular complexity index is 372. The molecule has 0 aromatic heterocycles. The van der Waals surface area contributed by atoms with Gasteiger partial charge in [0.05, 0.1) is 14.3 Å². The highest BCUT2D eigenvalue weighted by molar-refractivity contribution is 6.76. The third-order valence-electron chi connectivity index (χ3n) is 1.95. The van der Waals surface area contributed by atoms with E-state index < -0.39 is 32.8 Å². The van der Waals surface area contributed by atoms with Gasteiger partial charge in [0, 0.05) is 12.0 Å². The molecule has 0 aliphatic rings. The highest BCUT2D eigenvalue weighted by atomic mass is 28.3. The van der Waals surface area contributed by atoms with Gasteiger partial charge >= 0.3 is 18.1 Å². The number of hydrogen-bond donors (Lipinski definition) is 0. The van der Waals surface area contributed by atoms with Crippen LogP contribution in [0.2, 0.25) is 19.6 Å². The smallest absolute Gasteiger partial charge is 0.422 e. The van der Waals surface area contributed by atoms with Gasteiger partial charge in [0.15, 0.2) is 6.61 Å². The van der Waals surface area contributed by atoms with E-state index in [9.17, 15) is 22.8 Å². The molecule has 0 aliphatic heterocycles. The number of alkyl halides is 3. The third-order valence-corrected chi connectivity index (χ3v) is 2.96. The van der Waals surface area contributed by atoms with Crippen LogP contribution in [0.5, 0.6) is 0 Å². The third kappa shape index (κ3) is 10.6. The SMILES string of the molecule is C=C(CCC(=O)OCC(F)(F)F)C(=O)OC[Si](C)(C)C. The highest BCUT2D eigenvalue weighted by Gasteiger charge is 2.29. The Kier molecular flexibility index (Phi) is 6.97. The summed E-state index contributed by atoms with van der Waals surface area (Å²) in [5.74, 6) is -1.66. The van der Waals surface area contributed by atoms with Crippen molar-refractivity contribution < 1.29 is 32.2 Å². The molecule has 8 heteroatoms. The van der Waals surface area contributed by atoms with Crippen LogP contribution < -0.4 is 0 Å². The minimum atomic E-state index is -4.55. The Morgan fingerprint density at radius 2 is 1.65 bits per heavy atom. The summed E-state index contributed by atoms with van der Waals surface area (Å²) in [7, 11) is -1.55. The summed E-state index contributed by atoms with van der Waals surface area (Å²) in [6, 6.07) is 0. The molecule has 0 heterocycles. The molecule has 20 heavy (non-hydrogen) atoms. The first-order valence-corrected chi connectivity index (χ1v) is 9.69. The van der Waals surface area contributed by atoms with E-state index in [2.05, 4.69) is 11.3 Å². The van der Waals surface area contributed by atoms with Gasteiger partial charge in [0.2, 0.25) is 0 Å². The zero-order valence-electron chi connectivity index (χ0n) is 11.8. The van der Waals surface area contributed by atoms with E-state index in [4.69, 9.17) is 4.74 Å². The maximum atomic E-state index is 11.8. The average molecular weight is 312 g/mol. The minimum Gasteiger partial charge on any atom is -0.466 e. The molecule has 0 aliphatic carbocycles. The lowest BCUT2D eigenvalue weighted by molar-refractivity contribution is -0.186. The second-order valence-electron chi connectivity index (χ2n) is 5.52. The zero-order valence-corrected chi connectivity index (χ0v) is 12.8. The average Bonchev–Trinajstić information content (AvgIpc) is 2.28. The van der Waals surface area contributed by atoms with Gasteiger partial charge in [0.25, 0.3) is 0 Å². The van der Waals surface area contributed by atoms with E-state index in [1.54, 1.807) is 0 Å². The lowest BCUT2D eigenvalue weighted by atomic mass is 10.2. The number of carbonyl (C=O) groups is 2. The van der Waals surface area contributed by atoms with E-state index in [1.165, 1.54) is 0 Å². The summed E-state index contributed by atoms with van der Waals surface area (Å²) in [5.41, 5.74) is 0.0483. The summed E-state index contributed by atoms with van der Waals surface area (Å²) in [4.78, 5) is 22.5. The van der Waals surface area contributed by atoms with Gasteiger partial charge < -0.3 is 9.47 Å². The number of hydrogen-bond acceptors (Lipinski definition) is 4. The standard InChI is InChI=1S/C12H19F3O4Si/c1-9(11(17)19-8-20(2,3)4)5-6-10(16)18-7-12(13,14)15/h1,5-8H2,2-4H3. The number of rotatable bonds is 7. The molecule has 0 bridgehead atoms. The van der Waals surface area contributed by atoms with Crippen LogP contribution in [0.3, 0.4) is 0 Å². The molecule has 0 amide bonds. The van der Waals surface area contributed by atoms with Gasteiger partial charge in [-0.3, -0.25) is 4.79 Å². The molecule has 0 aromatic carbocycles. The first-order chi connectivity index (χ1) is 8.91. The van der Waals surface area contributed by atoms with Crippen LogP contribution in [0.4, 0.5) is 13.2 Å². The number of ether oxygens (including phenoxy) is 2. The van der Waals surface area contributed by atoms with Crippen molar-refractivity contribution >= 4 is 20.0 Å². The van der Waals surface area contributed by atoms with Gasteiger partial charge in [-0.2, -0.15) is 13.2 Å². The van der Waals surface area contributed by atoms with E-state index in [-0.39, 0.29) is 18.4 Å². The molecule has 4 nitrogen and oxygen atoms in total.